The van der Waals surface area contributed by atoms with Crippen LogP contribution in [0.15, 0.2) is 57.2 Å². The maximum Gasteiger partial charge on any atom is 0.300 e. The topological polar surface area (TPSA) is 124 Å². The van der Waals surface area contributed by atoms with E-state index in [0.29, 0.717) is 48.7 Å². The van der Waals surface area contributed by atoms with E-state index in [2.05, 4.69) is 19.6 Å². The van der Waals surface area contributed by atoms with Gasteiger partial charge in [-0.2, -0.15) is 0 Å². The molecule has 0 atom stereocenters. The minimum atomic E-state index is -3.84. The van der Waals surface area contributed by atoms with Gasteiger partial charge in [0.15, 0.2) is 0 Å². The number of hydrogen-bond acceptors (Lipinski definition) is 10. The SMILES string of the molecule is COc1ncc(-c2ccc3ncc(OCCN4CCOCC4)c(=O)n3c2)cc1NS(=O)(=O)c1sccc1C. The Morgan fingerprint density at radius 1 is 1.13 bits per heavy atom. The van der Waals surface area contributed by atoms with Crippen molar-refractivity contribution in [3.05, 3.63) is 64.2 Å². The summed E-state index contributed by atoms with van der Waals surface area (Å²) in [6, 6.07) is 6.85. The molecule has 0 spiro atoms. The molecule has 0 saturated carbocycles. The molecule has 11 nitrogen and oxygen atoms in total. The number of ether oxygens (including phenoxy) is 3. The quantitative estimate of drug-likeness (QED) is 0.331. The molecule has 1 aliphatic rings. The summed E-state index contributed by atoms with van der Waals surface area (Å²) in [7, 11) is -2.43. The highest BCUT2D eigenvalue weighted by Crippen LogP contribution is 2.32. The Labute approximate surface area is 223 Å². The van der Waals surface area contributed by atoms with Gasteiger partial charge in [-0.1, -0.05) is 0 Å². The van der Waals surface area contributed by atoms with Gasteiger partial charge < -0.3 is 14.2 Å². The summed E-state index contributed by atoms with van der Waals surface area (Å²) in [6.07, 6.45) is 4.62. The van der Waals surface area contributed by atoms with Crippen molar-refractivity contribution in [1.82, 2.24) is 19.3 Å². The first kappa shape index (κ1) is 26.1. The van der Waals surface area contributed by atoms with Crippen LogP contribution in [0.1, 0.15) is 5.56 Å². The highest BCUT2D eigenvalue weighted by molar-refractivity contribution is 7.94. The third kappa shape index (κ3) is 5.50. The van der Waals surface area contributed by atoms with Crippen molar-refractivity contribution in [2.45, 2.75) is 11.1 Å². The lowest BCUT2D eigenvalue weighted by Crippen LogP contribution is -2.38. The van der Waals surface area contributed by atoms with E-state index >= 15 is 0 Å². The molecular formula is C25H27N5O6S2. The monoisotopic (exact) mass is 557 g/mol. The zero-order valence-electron chi connectivity index (χ0n) is 20.9. The first-order valence-corrected chi connectivity index (χ1v) is 14.3. The number of anilines is 1. The summed E-state index contributed by atoms with van der Waals surface area (Å²) >= 11 is 1.13. The van der Waals surface area contributed by atoms with Gasteiger partial charge in [0.1, 0.15) is 22.2 Å². The van der Waals surface area contributed by atoms with E-state index in [0.717, 1.165) is 24.4 Å². The number of aryl methyl sites for hydroxylation is 1. The van der Waals surface area contributed by atoms with Crippen molar-refractivity contribution in [1.29, 1.82) is 0 Å². The van der Waals surface area contributed by atoms with Crippen molar-refractivity contribution in [3.8, 4) is 22.8 Å². The van der Waals surface area contributed by atoms with Gasteiger partial charge in [-0.15, -0.1) is 11.3 Å². The number of nitrogens with zero attached hydrogens (tertiary/aromatic N) is 4. The number of nitrogens with one attached hydrogen (secondary N) is 1. The average Bonchev–Trinajstić information content (AvgIpc) is 3.37. The van der Waals surface area contributed by atoms with Crippen LogP contribution in [-0.2, 0) is 14.8 Å². The van der Waals surface area contributed by atoms with Gasteiger partial charge in [0, 0.05) is 43.2 Å². The Morgan fingerprint density at radius 2 is 1.95 bits per heavy atom. The van der Waals surface area contributed by atoms with Crippen LogP contribution in [-0.4, -0.2) is 74.3 Å². The normalized spacial score (nSPS) is 14.5. The van der Waals surface area contributed by atoms with Gasteiger partial charge in [0.2, 0.25) is 11.6 Å². The van der Waals surface area contributed by atoms with E-state index < -0.39 is 10.0 Å². The molecule has 200 valence electrons. The van der Waals surface area contributed by atoms with Crippen LogP contribution in [0.4, 0.5) is 5.69 Å². The number of morpholine rings is 1. The van der Waals surface area contributed by atoms with Crippen molar-refractivity contribution in [2.75, 3.05) is 51.3 Å². The zero-order chi connectivity index (χ0) is 26.7. The molecule has 4 aromatic rings. The van der Waals surface area contributed by atoms with Crippen LogP contribution in [0, 0.1) is 6.92 Å². The fraction of sp³-hybridized carbons (Fsp3) is 0.320. The predicted octanol–water partition coefficient (Wildman–Crippen LogP) is 2.65. The van der Waals surface area contributed by atoms with Gasteiger partial charge in [-0.3, -0.25) is 18.8 Å². The van der Waals surface area contributed by atoms with E-state index in [1.807, 2.05) is 0 Å². The predicted molar refractivity (Wildman–Crippen MR) is 144 cm³/mol. The van der Waals surface area contributed by atoms with Crippen LogP contribution in [0.2, 0.25) is 0 Å². The average molecular weight is 558 g/mol. The number of rotatable bonds is 9. The molecule has 38 heavy (non-hydrogen) atoms. The molecule has 1 aliphatic heterocycles. The molecule has 0 radical (unpaired) electrons. The standard InChI is InChI=1S/C25H27N5O6S2/c1-17-5-12-37-25(17)38(32,33)28-20-13-19(14-27-23(20)34-2)18-3-4-22-26-15-21(24(31)30(22)16-18)36-11-8-29-6-9-35-10-7-29/h3-5,12-16,28H,6-11H2,1-2H3. The number of hydrogen-bond donors (Lipinski definition) is 1. The Morgan fingerprint density at radius 3 is 2.68 bits per heavy atom. The fourth-order valence-electron chi connectivity index (χ4n) is 4.11. The summed E-state index contributed by atoms with van der Waals surface area (Å²) in [4.78, 5) is 24.0. The number of fused-ring (bicyclic) bond motifs is 1. The maximum atomic E-state index is 13.2. The van der Waals surface area contributed by atoms with Crippen molar-refractivity contribution >= 4 is 32.7 Å². The van der Waals surface area contributed by atoms with Crippen molar-refractivity contribution in [3.63, 3.8) is 0 Å². The lowest BCUT2D eigenvalue weighted by Gasteiger charge is -2.26. The number of methoxy groups -OCH3 is 1. The first-order valence-electron chi connectivity index (χ1n) is 11.9. The van der Waals surface area contributed by atoms with Crippen LogP contribution in [0.3, 0.4) is 0 Å². The smallest absolute Gasteiger partial charge is 0.300 e. The Kier molecular flexibility index (Phi) is 7.61. The van der Waals surface area contributed by atoms with Gasteiger partial charge in [0.25, 0.3) is 15.6 Å². The molecule has 5 rings (SSSR count). The largest absolute Gasteiger partial charge is 0.485 e. The molecule has 0 aliphatic carbocycles. The number of thiophene rings is 1. The molecule has 0 aromatic carbocycles. The summed E-state index contributed by atoms with van der Waals surface area (Å²) in [5.41, 5.74) is 2.16. The second-order valence-corrected chi connectivity index (χ2v) is 11.4. The molecule has 1 fully saturated rings. The van der Waals surface area contributed by atoms with Gasteiger partial charge in [-0.25, -0.2) is 18.4 Å². The van der Waals surface area contributed by atoms with Crippen LogP contribution in [0.25, 0.3) is 16.8 Å². The lowest BCUT2D eigenvalue weighted by atomic mass is 10.1. The van der Waals surface area contributed by atoms with Gasteiger partial charge >= 0.3 is 0 Å². The second-order valence-electron chi connectivity index (χ2n) is 8.65. The maximum absolute atomic E-state index is 13.2. The highest BCUT2D eigenvalue weighted by Gasteiger charge is 2.21. The van der Waals surface area contributed by atoms with Crippen LogP contribution < -0.4 is 19.8 Å². The summed E-state index contributed by atoms with van der Waals surface area (Å²) in [5.74, 6) is 0.280. The summed E-state index contributed by atoms with van der Waals surface area (Å²) in [5, 5.41) is 1.72. The van der Waals surface area contributed by atoms with E-state index in [1.165, 1.54) is 17.7 Å². The van der Waals surface area contributed by atoms with E-state index in [4.69, 9.17) is 14.2 Å². The third-order valence-electron chi connectivity index (χ3n) is 6.12. The second kappa shape index (κ2) is 11.1. The van der Waals surface area contributed by atoms with Gasteiger partial charge in [-0.05, 0) is 42.1 Å². The molecule has 1 N–H and O–H groups in total. The zero-order valence-corrected chi connectivity index (χ0v) is 22.5. The first-order chi connectivity index (χ1) is 18.4. The summed E-state index contributed by atoms with van der Waals surface area (Å²) in [6.45, 7) is 5.84. The third-order valence-corrected chi connectivity index (χ3v) is 9.17. The molecule has 1 saturated heterocycles. The summed E-state index contributed by atoms with van der Waals surface area (Å²) < 4.78 is 46.6. The van der Waals surface area contributed by atoms with Crippen LogP contribution in [0.5, 0.6) is 11.6 Å². The highest BCUT2D eigenvalue weighted by atomic mass is 32.2. The Hall–Kier alpha value is -3.52. The van der Waals surface area contributed by atoms with Crippen molar-refractivity contribution in [2.24, 2.45) is 0 Å². The van der Waals surface area contributed by atoms with Crippen LogP contribution >= 0.6 is 11.3 Å². The Balaban J connectivity index is 1.42. The minimum absolute atomic E-state index is 0.127. The van der Waals surface area contributed by atoms with E-state index in [9.17, 15) is 13.2 Å². The number of pyridine rings is 2. The number of aromatic nitrogens is 3. The molecule has 0 amide bonds. The number of sulfonamides is 1. The molecule has 0 unspecified atom stereocenters. The molecule has 4 aromatic heterocycles. The Bertz CT molecular complexity index is 1610. The molecule has 0 bridgehead atoms. The van der Waals surface area contributed by atoms with Crippen molar-refractivity contribution < 1.29 is 22.6 Å². The van der Waals surface area contributed by atoms with Gasteiger partial charge in [0.05, 0.1) is 26.5 Å². The molecular weight excluding hydrogens is 530 g/mol. The van der Waals surface area contributed by atoms with E-state index in [1.54, 1.807) is 49.0 Å². The molecule has 5 heterocycles. The lowest BCUT2D eigenvalue weighted by molar-refractivity contribution is 0.0321. The molecule has 13 heteroatoms. The fourth-order valence-corrected chi connectivity index (χ4v) is 6.58. The minimum Gasteiger partial charge on any atom is -0.485 e. The van der Waals surface area contributed by atoms with E-state index in [-0.39, 0.29) is 27.1 Å².